The molecule has 1 fully saturated rings. The van der Waals surface area contributed by atoms with Crippen molar-refractivity contribution in [2.24, 2.45) is 17.6 Å². The van der Waals surface area contributed by atoms with Crippen molar-refractivity contribution in [2.45, 2.75) is 26.8 Å². The summed E-state index contributed by atoms with van der Waals surface area (Å²) in [7, 11) is 0. The highest BCUT2D eigenvalue weighted by Crippen LogP contribution is 2.23. The molecule has 1 aliphatic heterocycles. The van der Waals surface area contributed by atoms with E-state index in [9.17, 15) is 4.79 Å². The van der Waals surface area contributed by atoms with Gasteiger partial charge >= 0.3 is 0 Å². The molecule has 1 amide bonds. The van der Waals surface area contributed by atoms with Crippen molar-refractivity contribution in [2.75, 3.05) is 26.3 Å². The van der Waals surface area contributed by atoms with Gasteiger partial charge in [0.05, 0.1) is 12.6 Å². The van der Waals surface area contributed by atoms with Gasteiger partial charge in [-0.3, -0.25) is 4.79 Å². The zero-order valence-electron chi connectivity index (χ0n) is 9.90. The van der Waals surface area contributed by atoms with E-state index >= 15 is 0 Å². The van der Waals surface area contributed by atoms with Crippen LogP contribution in [-0.2, 0) is 9.53 Å². The topological polar surface area (TPSA) is 55.6 Å². The lowest BCUT2D eigenvalue weighted by molar-refractivity contribution is -0.131. The smallest absolute Gasteiger partial charge is 0.239 e. The number of ether oxygens (including phenoxy) is 1. The van der Waals surface area contributed by atoms with Crippen LogP contribution in [0.5, 0.6) is 0 Å². The molecule has 0 spiro atoms. The molecule has 0 aliphatic carbocycles. The highest BCUT2D eigenvalue weighted by molar-refractivity contribution is 5.81. The van der Waals surface area contributed by atoms with Crippen LogP contribution in [-0.4, -0.2) is 43.2 Å². The Morgan fingerprint density at radius 1 is 1.60 bits per heavy atom. The summed E-state index contributed by atoms with van der Waals surface area (Å²) in [6.45, 7) is 9.00. The van der Waals surface area contributed by atoms with E-state index in [0.29, 0.717) is 11.8 Å². The molecule has 1 aliphatic rings. The van der Waals surface area contributed by atoms with Crippen molar-refractivity contribution in [3.8, 4) is 0 Å². The largest absolute Gasteiger partial charge is 0.381 e. The van der Waals surface area contributed by atoms with Gasteiger partial charge in [-0.2, -0.15) is 0 Å². The van der Waals surface area contributed by atoms with Crippen LogP contribution in [0.4, 0.5) is 0 Å². The highest BCUT2D eigenvalue weighted by Gasteiger charge is 2.33. The van der Waals surface area contributed by atoms with Gasteiger partial charge in [-0.05, 0) is 19.8 Å². The molecular weight excluding hydrogens is 192 g/mol. The molecule has 3 unspecified atom stereocenters. The number of carbonyl (C=O) groups is 1. The molecule has 4 heteroatoms. The molecular formula is C11H22N2O2. The minimum atomic E-state index is -0.386. The first-order valence-electron chi connectivity index (χ1n) is 5.68. The van der Waals surface area contributed by atoms with Crippen LogP contribution in [0.15, 0.2) is 0 Å². The second-order valence-electron chi connectivity index (χ2n) is 4.43. The molecule has 1 saturated heterocycles. The van der Waals surface area contributed by atoms with Crippen LogP contribution < -0.4 is 5.73 Å². The van der Waals surface area contributed by atoms with E-state index in [2.05, 4.69) is 6.92 Å². The molecule has 3 atom stereocenters. The van der Waals surface area contributed by atoms with Crippen LogP contribution in [0.3, 0.4) is 0 Å². The lowest BCUT2D eigenvalue weighted by Crippen LogP contribution is -2.41. The Kier molecular flexibility index (Phi) is 4.54. The molecule has 2 N–H and O–H groups in total. The van der Waals surface area contributed by atoms with Gasteiger partial charge in [0, 0.05) is 25.6 Å². The summed E-state index contributed by atoms with van der Waals surface area (Å²) in [5.41, 5.74) is 5.58. The summed E-state index contributed by atoms with van der Waals surface area (Å²) >= 11 is 0. The van der Waals surface area contributed by atoms with E-state index in [1.165, 1.54) is 0 Å². The first-order valence-corrected chi connectivity index (χ1v) is 5.68. The zero-order chi connectivity index (χ0) is 11.4. The van der Waals surface area contributed by atoms with Gasteiger partial charge in [-0.25, -0.2) is 0 Å². The minimum Gasteiger partial charge on any atom is -0.381 e. The van der Waals surface area contributed by atoms with E-state index in [1.807, 2.05) is 11.8 Å². The average Bonchev–Trinajstić information content (AvgIpc) is 2.55. The van der Waals surface area contributed by atoms with Crippen LogP contribution in [0.25, 0.3) is 0 Å². The predicted octanol–water partition coefficient (Wildman–Crippen LogP) is 0.465. The summed E-state index contributed by atoms with van der Waals surface area (Å²) in [5.74, 6) is 1.03. The van der Waals surface area contributed by atoms with Gasteiger partial charge in [0.25, 0.3) is 0 Å². The van der Waals surface area contributed by atoms with E-state index in [-0.39, 0.29) is 11.9 Å². The molecule has 0 aromatic heterocycles. The van der Waals surface area contributed by atoms with Crippen molar-refractivity contribution in [3.05, 3.63) is 0 Å². The molecule has 0 radical (unpaired) electrons. The number of carbonyl (C=O) groups excluding carboxylic acids is 1. The number of hydrogen-bond acceptors (Lipinski definition) is 3. The van der Waals surface area contributed by atoms with Crippen molar-refractivity contribution in [3.63, 3.8) is 0 Å². The van der Waals surface area contributed by atoms with Crippen LogP contribution in [0, 0.1) is 11.8 Å². The van der Waals surface area contributed by atoms with Gasteiger partial charge in [0.1, 0.15) is 0 Å². The third kappa shape index (κ3) is 3.18. The summed E-state index contributed by atoms with van der Waals surface area (Å²) < 4.78 is 5.41. The van der Waals surface area contributed by atoms with E-state index in [0.717, 1.165) is 26.3 Å². The Morgan fingerprint density at radius 2 is 2.27 bits per heavy atom. The molecule has 1 heterocycles. The zero-order valence-corrected chi connectivity index (χ0v) is 9.90. The first-order chi connectivity index (χ1) is 7.06. The third-order valence-electron chi connectivity index (χ3n) is 3.01. The number of nitrogens with two attached hydrogens (primary N) is 1. The fraction of sp³-hybridized carbons (Fsp3) is 0.909. The number of amides is 1. The summed E-state index contributed by atoms with van der Waals surface area (Å²) in [4.78, 5) is 13.5. The Balaban J connectivity index is 2.44. The lowest BCUT2D eigenvalue weighted by atomic mass is 9.99. The van der Waals surface area contributed by atoms with Crippen LogP contribution in [0.2, 0.25) is 0 Å². The van der Waals surface area contributed by atoms with Crippen molar-refractivity contribution in [1.82, 2.24) is 4.90 Å². The summed E-state index contributed by atoms with van der Waals surface area (Å²) in [6.07, 6.45) is 0. The van der Waals surface area contributed by atoms with Crippen molar-refractivity contribution in [1.29, 1.82) is 0 Å². The minimum absolute atomic E-state index is 0.0563. The standard InChI is InChI=1S/C11H22N2O2/c1-4-15-7-10-6-13(5-8(10)2)11(14)9(3)12/h8-10H,4-7,12H2,1-3H3. The second-order valence-corrected chi connectivity index (χ2v) is 4.43. The normalized spacial score (nSPS) is 28.1. The van der Waals surface area contributed by atoms with Gasteiger partial charge < -0.3 is 15.4 Å². The Bertz CT molecular complexity index is 219. The molecule has 4 nitrogen and oxygen atoms in total. The maximum Gasteiger partial charge on any atom is 0.239 e. The van der Waals surface area contributed by atoms with Crippen molar-refractivity contribution < 1.29 is 9.53 Å². The van der Waals surface area contributed by atoms with Gasteiger partial charge in [0.2, 0.25) is 5.91 Å². The fourth-order valence-electron chi connectivity index (χ4n) is 1.99. The monoisotopic (exact) mass is 214 g/mol. The lowest BCUT2D eigenvalue weighted by Gasteiger charge is -2.18. The number of rotatable bonds is 4. The van der Waals surface area contributed by atoms with E-state index < -0.39 is 0 Å². The fourth-order valence-corrected chi connectivity index (χ4v) is 1.99. The first kappa shape index (κ1) is 12.5. The predicted molar refractivity (Wildman–Crippen MR) is 59.4 cm³/mol. The van der Waals surface area contributed by atoms with E-state index in [1.54, 1.807) is 6.92 Å². The Labute approximate surface area is 91.8 Å². The second kappa shape index (κ2) is 5.47. The molecule has 1 rings (SSSR count). The van der Waals surface area contributed by atoms with Gasteiger partial charge in [-0.15, -0.1) is 0 Å². The third-order valence-corrected chi connectivity index (χ3v) is 3.01. The number of hydrogen-bond donors (Lipinski definition) is 1. The maximum absolute atomic E-state index is 11.7. The van der Waals surface area contributed by atoms with Gasteiger partial charge in [-0.1, -0.05) is 6.92 Å². The summed E-state index contributed by atoms with van der Waals surface area (Å²) in [6, 6.07) is -0.386. The molecule has 0 bridgehead atoms. The van der Waals surface area contributed by atoms with Gasteiger partial charge in [0.15, 0.2) is 0 Å². The molecule has 0 aromatic carbocycles. The summed E-state index contributed by atoms with van der Waals surface area (Å²) in [5, 5.41) is 0. The Hall–Kier alpha value is -0.610. The quantitative estimate of drug-likeness (QED) is 0.740. The van der Waals surface area contributed by atoms with Crippen LogP contribution >= 0.6 is 0 Å². The van der Waals surface area contributed by atoms with Crippen LogP contribution in [0.1, 0.15) is 20.8 Å². The number of likely N-dealkylation sites (tertiary alicyclic amines) is 1. The van der Waals surface area contributed by atoms with Crippen molar-refractivity contribution >= 4 is 5.91 Å². The highest BCUT2D eigenvalue weighted by atomic mass is 16.5. The molecule has 0 aromatic rings. The molecule has 0 saturated carbocycles. The molecule has 88 valence electrons. The Morgan fingerprint density at radius 3 is 2.80 bits per heavy atom. The molecule has 15 heavy (non-hydrogen) atoms. The SMILES string of the molecule is CCOCC1CN(C(=O)C(C)N)CC1C. The maximum atomic E-state index is 11.7. The average molecular weight is 214 g/mol. The van der Waals surface area contributed by atoms with E-state index in [4.69, 9.17) is 10.5 Å². The number of nitrogens with zero attached hydrogens (tertiary/aromatic N) is 1.